The number of rotatable bonds is 8. The zero-order valence-electron chi connectivity index (χ0n) is 16.7. The Labute approximate surface area is 169 Å². The van der Waals surface area contributed by atoms with Crippen molar-refractivity contribution in [3.8, 4) is 11.5 Å². The fourth-order valence-corrected chi connectivity index (χ4v) is 2.95. The average molecular weight is 396 g/mol. The van der Waals surface area contributed by atoms with E-state index in [1.165, 1.54) is 7.11 Å². The van der Waals surface area contributed by atoms with E-state index in [1.54, 1.807) is 37.4 Å². The van der Waals surface area contributed by atoms with Crippen molar-refractivity contribution in [1.29, 1.82) is 0 Å². The van der Waals surface area contributed by atoms with Crippen LogP contribution in [0.2, 0.25) is 0 Å². The van der Waals surface area contributed by atoms with Crippen molar-refractivity contribution in [3.05, 3.63) is 48.2 Å². The van der Waals surface area contributed by atoms with Crippen molar-refractivity contribution in [1.82, 2.24) is 0 Å². The van der Waals surface area contributed by atoms with Gasteiger partial charge in [-0.3, -0.25) is 9.59 Å². The summed E-state index contributed by atoms with van der Waals surface area (Å²) in [6.07, 6.45) is 2.06. The predicted molar refractivity (Wildman–Crippen MR) is 112 cm³/mol. The van der Waals surface area contributed by atoms with Crippen molar-refractivity contribution in [2.24, 2.45) is 0 Å². The molecule has 29 heavy (non-hydrogen) atoms. The monoisotopic (exact) mass is 396 g/mol. The molecule has 0 aliphatic heterocycles. The molecule has 2 N–H and O–H groups in total. The Morgan fingerprint density at radius 2 is 1.83 bits per heavy atom. The van der Waals surface area contributed by atoms with E-state index in [2.05, 4.69) is 10.6 Å². The SMILES string of the molecule is CCCCC(=O)Nc1c(C(=O)Nc2ccc(OC)cc2OC)oc2ccccc12. The number of anilines is 2. The van der Waals surface area contributed by atoms with E-state index >= 15 is 0 Å². The van der Waals surface area contributed by atoms with Crippen LogP contribution in [0.15, 0.2) is 46.9 Å². The number of benzene rings is 2. The first kappa shape index (κ1) is 20.3. The Bertz CT molecular complexity index is 1030. The van der Waals surface area contributed by atoms with Gasteiger partial charge in [0.15, 0.2) is 0 Å². The molecule has 2 amide bonds. The molecular formula is C22H24N2O5. The summed E-state index contributed by atoms with van der Waals surface area (Å²) in [4.78, 5) is 25.3. The fraction of sp³-hybridized carbons (Fsp3) is 0.273. The Morgan fingerprint density at radius 3 is 2.55 bits per heavy atom. The number of methoxy groups -OCH3 is 2. The topological polar surface area (TPSA) is 89.8 Å². The summed E-state index contributed by atoms with van der Waals surface area (Å²) in [5.74, 6) is 0.439. The van der Waals surface area contributed by atoms with Gasteiger partial charge in [-0.05, 0) is 30.7 Å². The van der Waals surface area contributed by atoms with Crippen molar-refractivity contribution < 1.29 is 23.5 Å². The number of para-hydroxylation sites is 1. The lowest BCUT2D eigenvalue weighted by Gasteiger charge is -2.11. The van der Waals surface area contributed by atoms with Crippen molar-refractivity contribution in [2.45, 2.75) is 26.2 Å². The third-order valence-electron chi connectivity index (χ3n) is 4.48. The molecule has 2 aromatic carbocycles. The molecule has 0 aliphatic carbocycles. The molecule has 3 aromatic rings. The minimum Gasteiger partial charge on any atom is -0.497 e. The molecule has 1 aromatic heterocycles. The largest absolute Gasteiger partial charge is 0.497 e. The van der Waals surface area contributed by atoms with Crippen LogP contribution in [0.3, 0.4) is 0 Å². The molecule has 0 unspecified atom stereocenters. The van der Waals surface area contributed by atoms with Crippen LogP contribution in [0.1, 0.15) is 36.7 Å². The van der Waals surface area contributed by atoms with Crippen LogP contribution < -0.4 is 20.1 Å². The fourth-order valence-electron chi connectivity index (χ4n) is 2.95. The van der Waals surface area contributed by atoms with E-state index in [4.69, 9.17) is 13.9 Å². The van der Waals surface area contributed by atoms with Gasteiger partial charge in [0.1, 0.15) is 22.8 Å². The summed E-state index contributed by atoms with van der Waals surface area (Å²) >= 11 is 0. The van der Waals surface area contributed by atoms with Gasteiger partial charge in [-0.15, -0.1) is 0 Å². The Morgan fingerprint density at radius 1 is 1.03 bits per heavy atom. The average Bonchev–Trinajstić information content (AvgIpc) is 3.11. The van der Waals surface area contributed by atoms with E-state index < -0.39 is 5.91 Å². The van der Waals surface area contributed by atoms with Gasteiger partial charge in [-0.1, -0.05) is 25.5 Å². The van der Waals surface area contributed by atoms with E-state index in [9.17, 15) is 9.59 Å². The number of amides is 2. The first-order chi connectivity index (χ1) is 14.1. The molecule has 152 valence electrons. The smallest absolute Gasteiger partial charge is 0.293 e. The highest BCUT2D eigenvalue weighted by Gasteiger charge is 2.23. The summed E-state index contributed by atoms with van der Waals surface area (Å²) in [5, 5.41) is 6.29. The molecule has 0 radical (unpaired) electrons. The summed E-state index contributed by atoms with van der Waals surface area (Å²) in [6, 6.07) is 12.3. The number of ether oxygens (including phenoxy) is 2. The Hall–Kier alpha value is -3.48. The summed E-state index contributed by atoms with van der Waals surface area (Å²) in [7, 11) is 3.06. The van der Waals surface area contributed by atoms with Crippen LogP contribution in [0.25, 0.3) is 11.0 Å². The van der Waals surface area contributed by atoms with Crippen LogP contribution in [0.4, 0.5) is 11.4 Å². The molecule has 0 spiro atoms. The number of fused-ring (bicyclic) bond motifs is 1. The number of unbranched alkanes of at least 4 members (excludes halogenated alkanes) is 1. The maximum Gasteiger partial charge on any atom is 0.293 e. The predicted octanol–water partition coefficient (Wildman–Crippen LogP) is 4.83. The third kappa shape index (κ3) is 4.51. The van der Waals surface area contributed by atoms with Gasteiger partial charge >= 0.3 is 0 Å². The van der Waals surface area contributed by atoms with E-state index in [0.29, 0.717) is 40.3 Å². The minimum absolute atomic E-state index is 0.0360. The number of nitrogens with one attached hydrogen (secondary N) is 2. The first-order valence-corrected chi connectivity index (χ1v) is 9.42. The molecule has 3 rings (SSSR count). The minimum atomic E-state index is -0.490. The molecule has 7 nitrogen and oxygen atoms in total. The second kappa shape index (κ2) is 9.14. The maximum absolute atomic E-state index is 13.0. The van der Waals surface area contributed by atoms with Gasteiger partial charge in [0.25, 0.3) is 5.91 Å². The Balaban J connectivity index is 1.93. The second-order valence-electron chi connectivity index (χ2n) is 6.47. The summed E-state index contributed by atoms with van der Waals surface area (Å²) in [6.45, 7) is 2.02. The van der Waals surface area contributed by atoms with Gasteiger partial charge in [0.2, 0.25) is 11.7 Å². The van der Waals surface area contributed by atoms with Crippen LogP contribution in [0, 0.1) is 0 Å². The van der Waals surface area contributed by atoms with Crippen LogP contribution in [0.5, 0.6) is 11.5 Å². The highest BCUT2D eigenvalue weighted by atomic mass is 16.5. The van der Waals surface area contributed by atoms with Crippen molar-refractivity contribution >= 4 is 34.2 Å². The van der Waals surface area contributed by atoms with Crippen LogP contribution in [-0.2, 0) is 4.79 Å². The van der Waals surface area contributed by atoms with Gasteiger partial charge in [0, 0.05) is 17.9 Å². The molecule has 0 fully saturated rings. The first-order valence-electron chi connectivity index (χ1n) is 9.42. The standard InChI is InChI=1S/C22H24N2O5/c1-4-5-10-19(25)24-20-15-8-6-7-9-17(15)29-21(20)22(26)23-16-12-11-14(27-2)13-18(16)28-3/h6-9,11-13H,4-5,10H2,1-3H3,(H,23,26)(H,24,25). The second-order valence-corrected chi connectivity index (χ2v) is 6.47. The van der Waals surface area contributed by atoms with Crippen LogP contribution >= 0.6 is 0 Å². The van der Waals surface area contributed by atoms with E-state index in [1.807, 2.05) is 19.1 Å². The number of hydrogen-bond donors (Lipinski definition) is 2. The molecule has 7 heteroatoms. The van der Waals surface area contributed by atoms with Gasteiger partial charge < -0.3 is 24.5 Å². The molecule has 0 saturated heterocycles. The lowest BCUT2D eigenvalue weighted by molar-refractivity contribution is -0.116. The number of hydrogen-bond acceptors (Lipinski definition) is 5. The van der Waals surface area contributed by atoms with Gasteiger partial charge in [-0.25, -0.2) is 0 Å². The number of carbonyl (C=O) groups is 2. The molecule has 1 heterocycles. The van der Waals surface area contributed by atoms with Gasteiger partial charge in [-0.2, -0.15) is 0 Å². The highest BCUT2D eigenvalue weighted by Crippen LogP contribution is 2.34. The molecule has 0 saturated carbocycles. The Kier molecular flexibility index (Phi) is 6.39. The molecular weight excluding hydrogens is 372 g/mol. The zero-order valence-corrected chi connectivity index (χ0v) is 16.7. The van der Waals surface area contributed by atoms with E-state index in [0.717, 1.165) is 12.8 Å². The summed E-state index contributed by atoms with van der Waals surface area (Å²) < 4.78 is 16.3. The third-order valence-corrected chi connectivity index (χ3v) is 4.48. The van der Waals surface area contributed by atoms with Crippen LogP contribution in [-0.4, -0.2) is 26.0 Å². The molecule has 0 bridgehead atoms. The van der Waals surface area contributed by atoms with E-state index in [-0.39, 0.29) is 11.7 Å². The van der Waals surface area contributed by atoms with Gasteiger partial charge in [0.05, 0.1) is 19.9 Å². The van der Waals surface area contributed by atoms with Crippen molar-refractivity contribution in [2.75, 3.05) is 24.9 Å². The maximum atomic E-state index is 13.0. The quantitative estimate of drug-likeness (QED) is 0.569. The molecule has 0 atom stereocenters. The molecule has 0 aliphatic rings. The normalized spacial score (nSPS) is 10.6. The number of furan rings is 1. The summed E-state index contributed by atoms with van der Waals surface area (Å²) in [5.41, 5.74) is 1.35. The number of carbonyl (C=O) groups excluding carboxylic acids is 2. The van der Waals surface area contributed by atoms with Crippen molar-refractivity contribution in [3.63, 3.8) is 0 Å². The lowest BCUT2D eigenvalue weighted by atomic mass is 10.2. The highest BCUT2D eigenvalue weighted by molar-refractivity contribution is 6.14. The zero-order chi connectivity index (χ0) is 20.8. The lowest BCUT2D eigenvalue weighted by Crippen LogP contribution is -2.17.